The Morgan fingerprint density at radius 1 is 0.636 bits per heavy atom. The predicted octanol–water partition coefficient (Wildman–Crippen LogP) is 1.59. The molecule has 0 aliphatic carbocycles. The molecule has 0 spiro atoms. The molecule has 0 aromatic heterocycles. The first kappa shape index (κ1) is 16.6. The number of hydrogen-bond donors (Lipinski definition) is 6. The molecule has 116 valence electrons. The van der Waals surface area contributed by atoms with Gasteiger partial charge in [-0.25, -0.2) is 9.59 Å². The van der Waals surface area contributed by atoms with Crippen molar-refractivity contribution >= 4 is 11.9 Å². The van der Waals surface area contributed by atoms with E-state index in [1.54, 1.807) is 0 Å². The summed E-state index contributed by atoms with van der Waals surface area (Å²) in [6.07, 6.45) is 0. The molecule has 6 N–H and O–H groups in total. The third-order valence-corrected chi connectivity index (χ3v) is 2.42. The van der Waals surface area contributed by atoms with Crippen LogP contribution in [0.15, 0.2) is 36.4 Å². The van der Waals surface area contributed by atoms with Crippen molar-refractivity contribution in [2.24, 2.45) is 0 Å². The number of hydrogen-bond acceptors (Lipinski definition) is 6. The van der Waals surface area contributed by atoms with Crippen LogP contribution in [0, 0.1) is 0 Å². The van der Waals surface area contributed by atoms with Crippen molar-refractivity contribution in [3.8, 4) is 23.0 Å². The zero-order chi connectivity index (χ0) is 16.9. The third kappa shape index (κ3) is 4.30. The van der Waals surface area contributed by atoms with Crippen LogP contribution in [0.3, 0.4) is 0 Å². The van der Waals surface area contributed by atoms with E-state index < -0.39 is 23.4 Å². The fraction of sp³-hybridized carbons (Fsp3) is 0. The van der Waals surface area contributed by atoms with Crippen molar-refractivity contribution in [3.63, 3.8) is 0 Å². The van der Waals surface area contributed by atoms with E-state index in [1.165, 1.54) is 12.1 Å². The molecule has 0 aliphatic heterocycles. The molecule has 8 heteroatoms. The summed E-state index contributed by atoms with van der Waals surface area (Å²) in [6.45, 7) is 0. The summed E-state index contributed by atoms with van der Waals surface area (Å²) in [4.78, 5) is 20.6. The number of aromatic hydroxyl groups is 4. The molecule has 22 heavy (non-hydrogen) atoms. The van der Waals surface area contributed by atoms with E-state index in [0.29, 0.717) is 0 Å². The predicted molar refractivity (Wildman–Crippen MR) is 73.5 cm³/mol. The summed E-state index contributed by atoms with van der Waals surface area (Å²) < 4.78 is 0. The number of phenolic OH excluding ortho intramolecular Hbond substituents is 2. The lowest BCUT2D eigenvalue weighted by Gasteiger charge is -1.98. The molecule has 0 saturated heterocycles. The fourth-order valence-electron chi connectivity index (χ4n) is 1.40. The molecule has 8 nitrogen and oxygen atoms in total. The van der Waals surface area contributed by atoms with Gasteiger partial charge in [0.05, 0.1) is 0 Å². The molecule has 0 aliphatic rings. The van der Waals surface area contributed by atoms with Crippen LogP contribution in [0.4, 0.5) is 0 Å². The van der Waals surface area contributed by atoms with Crippen LogP contribution in [0.1, 0.15) is 20.7 Å². The van der Waals surface area contributed by atoms with Gasteiger partial charge in [0.15, 0.2) is 0 Å². The molecule has 0 fully saturated rings. The van der Waals surface area contributed by atoms with Gasteiger partial charge in [0.1, 0.15) is 34.1 Å². The van der Waals surface area contributed by atoms with Crippen LogP contribution in [-0.2, 0) is 0 Å². The maximum absolute atomic E-state index is 10.3. The molecule has 0 unspecified atom stereocenters. The molecule has 0 saturated carbocycles. The first-order valence-corrected chi connectivity index (χ1v) is 5.73. The minimum Gasteiger partial charge on any atom is -0.508 e. The van der Waals surface area contributed by atoms with Crippen LogP contribution in [0.2, 0.25) is 0 Å². The summed E-state index contributed by atoms with van der Waals surface area (Å²) in [7, 11) is 0. The number of carboxylic acid groups (broad SMARTS) is 2. The van der Waals surface area contributed by atoms with E-state index in [1.807, 2.05) is 0 Å². The maximum Gasteiger partial charge on any atom is 0.339 e. The second-order valence-corrected chi connectivity index (χ2v) is 4.01. The van der Waals surface area contributed by atoms with Gasteiger partial charge in [-0.2, -0.15) is 0 Å². The Bertz CT molecular complexity index is 646. The van der Waals surface area contributed by atoms with Crippen LogP contribution in [0.5, 0.6) is 23.0 Å². The van der Waals surface area contributed by atoms with Crippen molar-refractivity contribution in [3.05, 3.63) is 47.5 Å². The van der Waals surface area contributed by atoms with Gasteiger partial charge in [-0.05, 0) is 24.3 Å². The number of rotatable bonds is 2. The van der Waals surface area contributed by atoms with E-state index in [2.05, 4.69) is 0 Å². The van der Waals surface area contributed by atoms with Crippen LogP contribution >= 0.6 is 0 Å². The summed E-state index contributed by atoms with van der Waals surface area (Å²) in [5.74, 6) is -3.62. The van der Waals surface area contributed by atoms with E-state index >= 15 is 0 Å². The monoisotopic (exact) mass is 308 g/mol. The van der Waals surface area contributed by atoms with Gasteiger partial charge in [0.2, 0.25) is 0 Å². The summed E-state index contributed by atoms with van der Waals surface area (Å²) in [5, 5.41) is 52.2. The number of carboxylic acids is 2. The minimum absolute atomic E-state index is 0.160. The Morgan fingerprint density at radius 2 is 0.955 bits per heavy atom. The van der Waals surface area contributed by atoms with Gasteiger partial charge in [-0.3, -0.25) is 0 Å². The zero-order valence-corrected chi connectivity index (χ0v) is 11.0. The normalized spacial score (nSPS) is 9.45. The largest absolute Gasteiger partial charge is 0.508 e. The molecule has 0 atom stereocenters. The van der Waals surface area contributed by atoms with Gasteiger partial charge in [-0.15, -0.1) is 0 Å². The molecule has 0 heterocycles. The number of carbonyl (C=O) groups is 2. The van der Waals surface area contributed by atoms with Crippen LogP contribution < -0.4 is 0 Å². The van der Waals surface area contributed by atoms with E-state index in [9.17, 15) is 9.59 Å². The van der Waals surface area contributed by atoms with Crippen molar-refractivity contribution in [1.82, 2.24) is 0 Å². The summed E-state index contributed by atoms with van der Waals surface area (Å²) >= 11 is 0. The van der Waals surface area contributed by atoms with Gasteiger partial charge < -0.3 is 30.6 Å². The molecule has 2 aromatic rings. The van der Waals surface area contributed by atoms with E-state index in [0.717, 1.165) is 24.3 Å². The Kier molecular flexibility index (Phi) is 5.17. The fourth-order valence-corrected chi connectivity index (χ4v) is 1.40. The highest BCUT2D eigenvalue weighted by Crippen LogP contribution is 2.22. The Morgan fingerprint density at radius 3 is 1.18 bits per heavy atom. The average molecular weight is 308 g/mol. The molecule has 0 amide bonds. The second-order valence-electron chi connectivity index (χ2n) is 4.01. The highest BCUT2D eigenvalue weighted by atomic mass is 16.4. The quantitative estimate of drug-likeness (QED) is 0.488. The zero-order valence-electron chi connectivity index (χ0n) is 11.0. The molecule has 0 bridgehead atoms. The smallest absolute Gasteiger partial charge is 0.339 e. The number of benzene rings is 2. The summed E-state index contributed by atoms with van der Waals surface area (Å²) in [5.41, 5.74) is -0.439. The lowest BCUT2D eigenvalue weighted by Crippen LogP contribution is -1.95. The third-order valence-electron chi connectivity index (χ3n) is 2.42. The standard InChI is InChI=1S/2C7H6O4/c2*8-4-1-2-5(7(10)11)6(9)3-4/h2*1-3,8-9H,(H,10,11). The van der Waals surface area contributed by atoms with E-state index in [-0.39, 0.29) is 22.6 Å². The molecule has 2 aromatic carbocycles. The first-order valence-electron chi connectivity index (χ1n) is 5.73. The van der Waals surface area contributed by atoms with E-state index in [4.69, 9.17) is 30.6 Å². The maximum atomic E-state index is 10.3. The molecule has 0 radical (unpaired) electrons. The average Bonchev–Trinajstić information content (AvgIpc) is 2.38. The van der Waals surface area contributed by atoms with Crippen LogP contribution in [-0.4, -0.2) is 42.6 Å². The summed E-state index contributed by atoms with van der Waals surface area (Å²) in [6, 6.07) is 6.61. The van der Waals surface area contributed by atoms with Crippen molar-refractivity contribution in [2.75, 3.05) is 0 Å². The highest BCUT2D eigenvalue weighted by Gasteiger charge is 2.09. The second kappa shape index (κ2) is 6.84. The topological polar surface area (TPSA) is 156 Å². The Labute approximate surface area is 123 Å². The minimum atomic E-state index is -1.22. The Balaban J connectivity index is 0.000000220. The molecular weight excluding hydrogens is 296 g/mol. The van der Waals surface area contributed by atoms with Gasteiger partial charge in [0, 0.05) is 12.1 Å². The van der Waals surface area contributed by atoms with Gasteiger partial charge >= 0.3 is 11.9 Å². The first-order chi connectivity index (χ1) is 10.2. The number of phenols is 4. The lowest BCUT2D eigenvalue weighted by molar-refractivity contribution is 0.0682. The van der Waals surface area contributed by atoms with Gasteiger partial charge in [0.25, 0.3) is 0 Å². The van der Waals surface area contributed by atoms with Gasteiger partial charge in [-0.1, -0.05) is 0 Å². The molecular formula is C14H12O8. The SMILES string of the molecule is O=C(O)c1ccc(O)cc1O.O=C(O)c1ccc(O)cc1O. The highest BCUT2D eigenvalue weighted by molar-refractivity contribution is 5.91. The van der Waals surface area contributed by atoms with Crippen molar-refractivity contribution in [1.29, 1.82) is 0 Å². The molecule has 2 rings (SSSR count). The Hall–Kier alpha value is -3.42. The van der Waals surface area contributed by atoms with Crippen LogP contribution in [0.25, 0.3) is 0 Å². The van der Waals surface area contributed by atoms with Crippen molar-refractivity contribution < 1.29 is 40.2 Å². The van der Waals surface area contributed by atoms with Crippen molar-refractivity contribution in [2.45, 2.75) is 0 Å². The number of aromatic carboxylic acids is 2. The lowest BCUT2D eigenvalue weighted by atomic mass is 10.2.